The highest BCUT2D eigenvalue weighted by Crippen LogP contribution is 2.30. The highest BCUT2D eigenvalue weighted by Gasteiger charge is 2.30. The predicted molar refractivity (Wildman–Crippen MR) is 84.6 cm³/mol. The van der Waals surface area contributed by atoms with Crippen LogP contribution in [0.3, 0.4) is 0 Å². The van der Waals surface area contributed by atoms with Gasteiger partial charge < -0.3 is 10.1 Å². The van der Waals surface area contributed by atoms with Gasteiger partial charge in [-0.25, -0.2) is 4.68 Å². The van der Waals surface area contributed by atoms with Gasteiger partial charge in [0.15, 0.2) is 0 Å². The number of amides is 1. The second-order valence-corrected chi connectivity index (χ2v) is 5.95. The zero-order valence-electron chi connectivity index (χ0n) is 13.6. The lowest BCUT2D eigenvalue weighted by Gasteiger charge is -2.11. The average Bonchev–Trinajstić information content (AvgIpc) is 3.21. The first-order valence-corrected chi connectivity index (χ1v) is 7.98. The fraction of sp³-hybridized carbons (Fsp3) is 0.412. The molecule has 0 bridgehead atoms. The van der Waals surface area contributed by atoms with E-state index in [-0.39, 0.29) is 17.7 Å². The normalized spacial score (nSPS) is 17.7. The number of alkyl halides is 3. The van der Waals surface area contributed by atoms with Crippen molar-refractivity contribution in [3.8, 4) is 5.69 Å². The molecular weight excluding hydrogens is 335 g/mol. The van der Waals surface area contributed by atoms with E-state index in [1.54, 1.807) is 6.92 Å². The molecule has 3 rings (SSSR count). The summed E-state index contributed by atoms with van der Waals surface area (Å²) in [5.41, 5.74) is 0.300. The van der Waals surface area contributed by atoms with E-state index in [0.29, 0.717) is 24.4 Å². The van der Waals surface area contributed by atoms with Crippen molar-refractivity contribution in [1.82, 2.24) is 15.1 Å². The van der Waals surface area contributed by atoms with Gasteiger partial charge in [0.25, 0.3) is 5.91 Å². The first-order chi connectivity index (χ1) is 11.9. The molecule has 1 aliphatic rings. The number of nitrogens with one attached hydrogen (secondary N) is 1. The Morgan fingerprint density at radius 2 is 2.24 bits per heavy atom. The topological polar surface area (TPSA) is 56.1 Å². The lowest BCUT2D eigenvalue weighted by atomic mass is 10.2. The summed E-state index contributed by atoms with van der Waals surface area (Å²) in [4.78, 5) is 12.3. The molecule has 134 valence electrons. The Labute approximate surface area is 142 Å². The number of halogens is 3. The lowest BCUT2D eigenvalue weighted by molar-refractivity contribution is -0.137. The molecule has 0 spiro atoms. The summed E-state index contributed by atoms with van der Waals surface area (Å²) in [7, 11) is 0. The Bertz CT molecular complexity index is 765. The number of ether oxygens (including phenoxy) is 1. The number of aromatic nitrogens is 2. The van der Waals surface area contributed by atoms with Crippen molar-refractivity contribution in [2.75, 3.05) is 13.2 Å². The van der Waals surface area contributed by atoms with Crippen LogP contribution in [0, 0.1) is 6.92 Å². The van der Waals surface area contributed by atoms with Gasteiger partial charge in [0.05, 0.1) is 34.8 Å². The lowest BCUT2D eigenvalue weighted by Crippen LogP contribution is -2.32. The maximum Gasteiger partial charge on any atom is 0.416 e. The smallest absolute Gasteiger partial charge is 0.376 e. The summed E-state index contributed by atoms with van der Waals surface area (Å²) in [5.74, 6) is -0.314. The SMILES string of the molecule is Cc1c(C(=O)NCC2CCCO2)cnn1-c1cccc(C(F)(F)F)c1. The van der Waals surface area contributed by atoms with Gasteiger partial charge in [0, 0.05) is 13.2 Å². The molecule has 1 fully saturated rings. The van der Waals surface area contributed by atoms with E-state index in [9.17, 15) is 18.0 Å². The molecule has 2 aromatic rings. The molecule has 1 saturated heterocycles. The van der Waals surface area contributed by atoms with Crippen molar-refractivity contribution in [3.63, 3.8) is 0 Å². The monoisotopic (exact) mass is 353 g/mol. The van der Waals surface area contributed by atoms with E-state index in [4.69, 9.17) is 4.74 Å². The van der Waals surface area contributed by atoms with Gasteiger partial charge in [-0.3, -0.25) is 4.79 Å². The molecule has 2 heterocycles. The zero-order valence-corrected chi connectivity index (χ0v) is 13.6. The molecule has 1 aromatic carbocycles. The summed E-state index contributed by atoms with van der Waals surface area (Å²) in [5, 5.41) is 6.85. The van der Waals surface area contributed by atoms with E-state index in [1.165, 1.54) is 23.0 Å². The standard InChI is InChI=1S/C17H18F3N3O2/c1-11-15(16(24)21-9-14-6-3-7-25-14)10-22-23(11)13-5-2-4-12(8-13)17(18,19)20/h2,4-5,8,10,14H,3,6-7,9H2,1H3,(H,21,24). The number of rotatable bonds is 4. The Morgan fingerprint density at radius 1 is 1.44 bits per heavy atom. The van der Waals surface area contributed by atoms with Gasteiger partial charge in [-0.05, 0) is 38.0 Å². The Morgan fingerprint density at radius 3 is 2.92 bits per heavy atom. The van der Waals surface area contributed by atoms with E-state index in [1.807, 2.05) is 0 Å². The van der Waals surface area contributed by atoms with Gasteiger partial charge >= 0.3 is 6.18 Å². The van der Waals surface area contributed by atoms with Gasteiger partial charge in [-0.1, -0.05) is 6.07 Å². The largest absolute Gasteiger partial charge is 0.416 e. The summed E-state index contributed by atoms with van der Waals surface area (Å²) in [6, 6.07) is 4.84. The molecule has 25 heavy (non-hydrogen) atoms. The van der Waals surface area contributed by atoms with Crippen LogP contribution >= 0.6 is 0 Å². The highest BCUT2D eigenvalue weighted by molar-refractivity contribution is 5.95. The number of nitrogens with zero attached hydrogens (tertiary/aromatic N) is 2. The maximum absolute atomic E-state index is 12.9. The van der Waals surface area contributed by atoms with Crippen LogP contribution in [0.1, 0.15) is 34.5 Å². The molecule has 1 unspecified atom stereocenters. The molecule has 1 atom stereocenters. The first kappa shape index (κ1) is 17.5. The minimum Gasteiger partial charge on any atom is -0.376 e. The van der Waals surface area contributed by atoms with Crippen LogP contribution in [-0.4, -0.2) is 34.9 Å². The van der Waals surface area contributed by atoms with E-state index in [0.717, 1.165) is 25.0 Å². The third-order valence-electron chi connectivity index (χ3n) is 4.19. The fourth-order valence-corrected chi connectivity index (χ4v) is 2.81. The zero-order chi connectivity index (χ0) is 18.0. The third-order valence-corrected chi connectivity index (χ3v) is 4.19. The summed E-state index contributed by atoms with van der Waals surface area (Å²) >= 11 is 0. The second-order valence-electron chi connectivity index (χ2n) is 5.95. The molecule has 1 amide bonds. The van der Waals surface area contributed by atoms with E-state index < -0.39 is 11.7 Å². The Kier molecular flexibility index (Phi) is 4.80. The van der Waals surface area contributed by atoms with Crippen LogP contribution in [0.15, 0.2) is 30.5 Å². The van der Waals surface area contributed by atoms with Crippen molar-refractivity contribution in [2.45, 2.75) is 32.0 Å². The molecule has 0 saturated carbocycles. The van der Waals surface area contributed by atoms with Crippen LogP contribution < -0.4 is 5.32 Å². The molecule has 5 nitrogen and oxygen atoms in total. The van der Waals surface area contributed by atoms with Crippen LogP contribution in [0.25, 0.3) is 5.69 Å². The maximum atomic E-state index is 12.9. The second kappa shape index (κ2) is 6.87. The summed E-state index contributed by atoms with van der Waals surface area (Å²) in [6.07, 6.45) is -1.17. The molecular formula is C17H18F3N3O2. The summed E-state index contributed by atoms with van der Waals surface area (Å²) in [6.45, 7) is 2.76. The van der Waals surface area contributed by atoms with Crippen LogP contribution in [0.4, 0.5) is 13.2 Å². The number of benzene rings is 1. The van der Waals surface area contributed by atoms with Crippen molar-refractivity contribution in [2.24, 2.45) is 0 Å². The minimum atomic E-state index is -4.43. The van der Waals surface area contributed by atoms with Crippen LogP contribution in [0.5, 0.6) is 0 Å². The van der Waals surface area contributed by atoms with E-state index in [2.05, 4.69) is 10.4 Å². The molecule has 1 aromatic heterocycles. The predicted octanol–water partition coefficient (Wildman–Crippen LogP) is 3.11. The number of hydrogen-bond donors (Lipinski definition) is 1. The number of carbonyl (C=O) groups is 1. The highest BCUT2D eigenvalue weighted by atomic mass is 19.4. The quantitative estimate of drug-likeness (QED) is 0.919. The Hall–Kier alpha value is -2.35. The van der Waals surface area contributed by atoms with Crippen molar-refractivity contribution >= 4 is 5.91 Å². The number of carbonyl (C=O) groups excluding carboxylic acids is 1. The van der Waals surface area contributed by atoms with Crippen molar-refractivity contribution in [3.05, 3.63) is 47.3 Å². The molecule has 0 radical (unpaired) electrons. The summed E-state index contributed by atoms with van der Waals surface area (Å²) < 4.78 is 45.4. The fourth-order valence-electron chi connectivity index (χ4n) is 2.81. The minimum absolute atomic E-state index is 0.0165. The third kappa shape index (κ3) is 3.84. The molecule has 1 N–H and O–H groups in total. The van der Waals surface area contributed by atoms with Gasteiger partial charge in [-0.2, -0.15) is 18.3 Å². The average molecular weight is 353 g/mol. The van der Waals surface area contributed by atoms with Crippen molar-refractivity contribution in [1.29, 1.82) is 0 Å². The molecule has 1 aliphatic heterocycles. The number of hydrogen-bond acceptors (Lipinski definition) is 3. The van der Waals surface area contributed by atoms with Crippen LogP contribution in [0.2, 0.25) is 0 Å². The van der Waals surface area contributed by atoms with Crippen molar-refractivity contribution < 1.29 is 22.7 Å². The molecule has 0 aliphatic carbocycles. The van der Waals surface area contributed by atoms with Gasteiger partial charge in [0.2, 0.25) is 0 Å². The molecule has 8 heteroatoms. The van der Waals surface area contributed by atoms with Gasteiger partial charge in [-0.15, -0.1) is 0 Å². The first-order valence-electron chi connectivity index (χ1n) is 7.98. The Balaban J connectivity index is 1.77. The van der Waals surface area contributed by atoms with E-state index >= 15 is 0 Å². The van der Waals surface area contributed by atoms with Gasteiger partial charge in [0.1, 0.15) is 0 Å². The van der Waals surface area contributed by atoms with Crippen LogP contribution in [-0.2, 0) is 10.9 Å².